The van der Waals surface area contributed by atoms with Gasteiger partial charge in [-0.2, -0.15) is 0 Å². The Morgan fingerprint density at radius 3 is 2.38 bits per heavy atom. The minimum atomic E-state index is -0.517. The second kappa shape index (κ2) is 9.65. The van der Waals surface area contributed by atoms with Crippen LogP contribution in [0.25, 0.3) is 0 Å². The molecule has 156 valence electrons. The van der Waals surface area contributed by atoms with Gasteiger partial charge in [0.25, 0.3) is 0 Å². The fourth-order valence-electron chi connectivity index (χ4n) is 2.92. The molecule has 0 bridgehead atoms. The van der Waals surface area contributed by atoms with Gasteiger partial charge < -0.3 is 23.8 Å². The van der Waals surface area contributed by atoms with Gasteiger partial charge in [-0.3, -0.25) is 0 Å². The van der Waals surface area contributed by atoms with E-state index in [2.05, 4.69) is 0 Å². The van der Waals surface area contributed by atoms with Crippen LogP contribution in [-0.2, 0) is 16.1 Å². The summed E-state index contributed by atoms with van der Waals surface area (Å²) in [6.45, 7) is 7.77. The lowest BCUT2D eigenvalue weighted by molar-refractivity contribution is -0.0559. The summed E-state index contributed by atoms with van der Waals surface area (Å²) >= 11 is 0. The summed E-state index contributed by atoms with van der Waals surface area (Å²) in [5.74, 6) is 1.33. The first-order valence-corrected chi connectivity index (χ1v) is 9.89. The Kier molecular flexibility index (Phi) is 6.99. The summed E-state index contributed by atoms with van der Waals surface area (Å²) in [5, 5.41) is 0. The molecule has 1 saturated heterocycles. The maximum absolute atomic E-state index is 12.3. The average molecular weight is 399 g/mol. The van der Waals surface area contributed by atoms with Crippen molar-refractivity contribution in [3.05, 3.63) is 60.2 Å². The Morgan fingerprint density at radius 1 is 1.03 bits per heavy atom. The van der Waals surface area contributed by atoms with Crippen LogP contribution in [0.15, 0.2) is 54.6 Å². The topological polar surface area (TPSA) is 57.2 Å². The molecule has 1 atom stereocenters. The Balaban J connectivity index is 1.53. The van der Waals surface area contributed by atoms with Crippen molar-refractivity contribution in [2.24, 2.45) is 0 Å². The Morgan fingerprint density at radius 2 is 1.69 bits per heavy atom. The number of benzene rings is 2. The van der Waals surface area contributed by atoms with Crippen molar-refractivity contribution in [3.8, 4) is 11.5 Å². The molecule has 1 heterocycles. The number of para-hydroxylation sites is 2. The number of hydrogen-bond donors (Lipinski definition) is 0. The molecule has 3 rings (SSSR count). The van der Waals surface area contributed by atoms with Crippen LogP contribution in [0.3, 0.4) is 0 Å². The largest absolute Gasteiger partial charge is 0.487 e. The molecule has 2 aromatic carbocycles. The molecule has 0 spiro atoms. The van der Waals surface area contributed by atoms with E-state index in [-0.39, 0.29) is 12.2 Å². The van der Waals surface area contributed by atoms with Gasteiger partial charge in [0.1, 0.15) is 24.9 Å². The van der Waals surface area contributed by atoms with Crippen molar-refractivity contribution < 1.29 is 23.7 Å². The predicted molar refractivity (Wildman–Crippen MR) is 110 cm³/mol. The fourth-order valence-corrected chi connectivity index (χ4v) is 2.92. The van der Waals surface area contributed by atoms with Crippen LogP contribution >= 0.6 is 0 Å². The van der Waals surface area contributed by atoms with Crippen LogP contribution in [-0.4, -0.2) is 49.0 Å². The molecule has 0 N–H and O–H groups in total. The molecular formula is C23H29NO5. The number of carbonyl (C=O) groups excluding carboxylic acids is 1. The lowest BCUT2D eigenvalue weighted by atomic mass is 10.2. The number of ether oxygens (including phenoxy) is 4. The van der Waals surface area contributed by atoms with E-state index in [0.29, 0.717) is 44.4 Å². The smallest absolute Gasteiger partial charge is 0.410 e. The van der Waals surface area contributed by atoms with Gasteiger partial charge in [-0.1, -0.05) is 42.5 Å². The summed E-state index contributed by atoms with van der Waals surface area (Å²) in [6.07, 6.45) is -0.546. The monoisotopic (exact) mass is 399 g/mol. The standard InChI is InChI=1S/C23H29NO5/c1-23(2,3)29-22(25)24-13-14-26-19(15-24)17-28-21-12-8-7-11-20(21)27-16-18-9-5-4-6-10-18/h4-12,19H,13-17H2,1-3H3/t19-/m0/s1. The van der Waals surface area contributed by atoms with E-state index in [1.54, 1.807) is 4.90 Å². The first-order chi connectivity index (χ1) is 13.9. The summed E-state index contributed by atoms with van der Waals surface area (Å²) in [7, 11) is 0. The van der Waals surface area contributed by atoms with E-state index in [4.69, 9.17) is 18.9 Å². The number of rotatable bonds is 6. The summed E-state index contributed by atoms with van der Waals surface area (Å²) in [6, 6.07) is 17.5. The van der Waals surface area contributed by atoms with Crippen molar-refractivity contribution in [1.82, 2.24) is 4.90 Å². The van der Waals surface area contributed by atoms with Crippen LogP contribution < -0.4 is 9.47 Å². The van der Waals surface area contributed by atoms with Crippen LogP contribution in [0.1, 0.15) is 26.3 Å². The molecule has 1 aliphatic heterocycles. The normalized spacial score (nSPS) is 16.9. The second-order valence-corrected chi connectivity index (χ2v) is 7.95. The molecular weight excluding hydrogens is 370 g/mol. The minimum absolute atomic E-state index is 0.224. The quantitative estimate of drug-likeness (QED) is 0.726. The van der Waals surface area contributed by atoms with E-state index in [0.717, 1.165) is 5.56 Å². The zero-order chi connectivity index (χ0) is 20.7. The van der Waals surface area contributed by atoms with Crippen LogP contribution in [0.4, 0.5) is 4.79 Å². The third kappa shape index (κ3) is 6.68. The number of morpholine rings is 1. The molecule has 2 aromatic rings. The minimum Gasteiger partial charge on any atom is -0.487 e. The van der Waals surface area contributed by atoms with Gasteiger partial charge in [0.15, 0.2) is 11.5 Å². The Hall–Kier alpha value is -2.73. The molecule has 6 nitrogen and oxygen atoms in total. The van der Waals surface area contributed by atoms with Gasteiger partial charge >= 0.3 is 6.09 Å². The fraction of sp³-hybridized carbons (Fsp3) is 0.435. The molecule has 1 aliphatic rings. The molecule has 0 unspecified atom stereocenters. The Bertz CT molecular complexity index is 787. The molecule has 0 aliphatic carbocycles. The van der Waals surface area contributed by atoms with E-state index >= 15 is 0 Å². The van der Waals surface area contributed by atoms with E-state index < -0.39 is 5.60 Å². The van der Waals surface area contributed by atoms with Crippen molar-refractivity contribution in [1.29, 1.82) is 0 Å². The van der Waals surface area contributed by atoms with Gasteiger partial charge in [0.05, 0.1) is 13.2 Å². The van der Waals surface area contributed by atoms with Gasteiger partial charge in [0, 0.05) is 6.54 Å². The first kappa shape index (κ1) is 21.0. The van der Waals surface area contributed by atoms with Crippen LogP contribution in [0, 0.1) is 0 Å². The second-order valence-electron chi connectivity index (χ2n) is 7.95. The summed E-state index contributed by atoms with van der Waals surface area (Å²) in [4.78, 5) is 14.0. The SMILES string of the molecule is CC(C)(C)OC(=O)N1CCO[C@H](COc2ccccc2OCc2ccccc2)C1. The highest BCUT2D eigenvalue weighted by Crippen LogP contribution is 2.28. The van der Waals surface area contributed by atoms with E-state index in [9.17, 15) is 4.79 Å². The molecule has 1 fully saturated rings. The maximum atomic E-state index is 12.3. The number of hydrogen-bond acceptors (Lipinski definition) is 5. The molecule has 6 heteroatoms. The molecule has 1 amide bonds. The lowest BCUT2D eigenvalue weighted by Gasteiger charge is -2.34. The maximum Gasteiger partial charge on any atom is 0.410 e. The third-order valence-corrected chi connectivity index (χ3v) is 4.30. The first-order valence-electron chi connectivity index (χ1n) is 9.89. The highest BCUT2D eigenvalue weighted by atomic mass is 16.6. The van der Waals surface area contributed by atoms with Crippen molar-refractivity contribution >= 4 is 6.09 Å². The predicted octanol–water partition coefficient (Wildman–Crippen LogP) is 4.28. The Labute approximate surface area is 172 Å². The van der Waals surface area contributed by atoms with E-state index in [1.165, 1.54) is 0 Å². The highest BCUT2D eigenvalue weighted by molar-refractivity contribution is 5.68. The van der Waals surface area contributed by atoms with Crippen molar-refractivity contribution in [2.45, 2.75) is 39.1 Å². The van der Waals surface area contributed by atoms with Crippen molar-refractivity contribution in [3.63, 3.8) is 0 Å². The summed E-state index contributed by atoms with van der Waals surface area (Å²) in [5.41, 5.74) is 0.571. The average Bonchev–Trinajstić information content (AvgIpc) is 2.71. The van der Waals surface area contributed by atoms with Gasteiger partial charge in [-0.15, -0.1) is 0 Å². The molecule has 0 radical (unpaired) electrons. The number of carbonyl (C=O) groups is 1. The zero-order valence-electron chi connectivity index (χ0n) is 17.3. The van der Waals surface area contributed by atoms with Crippen LogP contribution in [0.5, 0.6) is 11.5 Å². The number of nitrogens with zero attached hydrogens (tertiary/aromatic N) is 1. The zero-order valence-corrected chi connectivity index (χ0v) is 17.3. The molecule has 0 aromatic heterocycles. The van der Waals surface area contributed by atoms with E-state index in [1.807, 2.05) is 75.4 Å². The number of amides is 1. The van der Waals surface area contributed by atoms with Gasteiger partial charge in [-0.05, 0) is 38.5 Å². The van der Waals surface area contributed by atoms with Crippen molar-refractivity contribution in [2.75, 3.05) is 26.3 Å². The third-order valence-electron chi connectivity index (χ3n) is 4.30. The van der Waals surface area contributed by atoms with Crippen LogP contribution in [0.2, 0.25) is 0 Å². The molecule has 29 heavy (non-hydrogen) atoms. The molecule has 0 saturated carbocycles. The summed E-state index contributed by atoms with van der Waals surface area (Å²) < 4.78 is 23.1. The highest BCUT2D eigenvalue weighted by Gasteiger charge is 2.28. The lowest BCUT2D eigenvalue weighted by Crippen LogP contribution is -2.49. The van der Waals surface area contributed by atoms with Gasteiger partial charge in [0.2, 0.25) is 0 Å². The van der Waals surface area contributed by atoms with Gasteiger partial charge in [-0.25, -0.2) is 4.79 Å².